The van der Waals surface area contributed by atoms with Crippen molar-refractivity contribution in [3.05, 3.63) is 35.4 Å². The van der Waals surface area contributed by atoms with Crippen molar-refractivity contribution in [3.63, 3.8) is 0 Å². The van der Waals surface area contributed by atoms with Crippen LogP contribution in [-0.2, 0) is 0 Å². The van der Waals surface area contributed by atoms with Gasteiger partial charge in [0.05, 0.1) is 11.6 Å². The van der Waals surface area contributed by atoms with Crippen LogP contribution in [0.3, 0.4) is 0 Å². The van der Waals surface area contributed by atoms with Crippen molar-refractivity contribution < 1.29 is 0 Å². The van der Waals surface area contributed by atoms with Crippen LogP contribution in [0.15, 0.2) is 24.3 Å². The van der Waals surface area contributed by atoms with Crippen LogP contribution in [-0.4, -0.2) is 24.5 Å². The molecule has 0 aromatic heterocycles. The highest BCUT2D eigenvalue weighted by atomic mass is 15.2. The predicted octanol–water partition coefficient (Wildman–Crippen LogP) is 1.90. The fourth-order valence-electron chi connectivity index (χ4n) is 2.45. The van der Waals surface area contributed by atoms with Crippen molar-refractivity contribution in [2.24, 2.45) is 11.7 Å². The first-order chi connectivity index (χ1) is 8.24. The topological polar surface area (TPSA) is 53.0 Å². The van der Waals surface area contributed by atoms with Crippen LogP contribution >= 0.6 is 0 Å². The molecule has 1 fully saturated rings. The molecule has 1 aliphatic rings. The van der Waals surface area contributed by atoms with Crippen molar-refractivity contribution in [2.75, 3.05) is 19.6 Å². The second-order valence-corrected chi connectivity index (χ2v) is 4.80. The summed E-state index contributed by atoms with van der Waals surface area (Å²) < 4.78 is 0. The van der Waals surface area contributed by atoms with Crippen molar-refractivity contribution in [2.45, 2.75) is 19.4 Å². The summed E-state index contributed by atoms with van der Waals surface area (Å²) in [6, 6.07) is 10.5. The monoisotopic (exact) mass is 229 g/mol. The van der Waals surface area contributed by atoms with Gasteiger partial charge in [-0.05, 0) is 50.0 Å². The molecule has 0 radical (unpaired) electrons. The molecule has 1 aromatic carbocycles. The zero-order valence-corrected chi connectivity index (χ0v) is 10.3. The average Bonchev–Trinajstić information content (AvgIpc) is 2.87. The maximum absolute atomic E-state index is 8.77. The molecule has 0 saturated carbocycles. The SMILES string of the molecule is CC(c1ccc(C#N)cc1)N1CCC(CN)C1. The van der Waals surface area contributed by atoms with Gasteiger partial charge in [0.2, 0.25) is 0 Å². The normalized spacial score (nSPS) is 22.3. The molecule has 17 heavy (non-hydrogen) atoms. The van der Waals surface area contributed by atoms with Crippen LogP contribution in [0.4, 0.5) is 0 Å². The number of hydrogen-bond acceptors (Lipinski definition) is 3. The summed E-state index contributed by atoms with van der Waals surface area (Å²) in [5, 5.41) is 8.77. The van der Waals surface area contributed by atoms with Crippen LogP contribution in [0.1, 0.15) is 30.5 Å². The van der Waals surface area contributed by atoms with Crippen molar-refractivity contribution >= 4 is 0 Å². The van der Waals surface area contributed by atoms with Gasteiger partial charge in [0.25, 0.3) is 0 Å². The van der Waals surface area contributed by atoms with Crippen molar-refractivity contribution in [3.8, 4) is 6.07 Å². The standard InChI is InChI=1S/C14H19N3/c1-11(17-7-6-13(9-16)10-17)14-4-2-12(8-15)3-5-14/h2-5,11,13H,6-7,9-10,16H2,1H3. The lowest BCUT2D eigenvalue weighted by Crippen LogP contribution is -2.26. The van der Waals surface area contributed by atoms with Gasteiger partial charge in [0, 0.05) is 12.6 Å². The smallest absolute Gasteiger partial charge is 0.0991 e. The minimum absolute atomic E-state index is 0.416. The molecule has 0 amide bonds. The molecule has 3 heteroatoms. The third-order valence-corrected chi connectivity index (χ3v) is 3.72. The minimum Gasteiger partial charge on any atom is -0.330 e. The first-order valence-corrected chi connectivity index (χ1v) is 6.18. The fourth-order valence-corrected chi connectivity index (χ4v) is 2.45. The van der Waals surface area contributed by atoms with Crippen LogP contribution in [0, 0.1) is 17.2 Å². The highest BCUT2D eigenvalue weighted by Crippen LogP contribution is 2.26. The summed E-state index contributed by atoms with van der Waals surface area (Å²) >= 11 is 0. The molecule has 1 saturated heterocycles. The summed E-state index contributed by atoms with van der Waals surface area (Å²) in [7, 11) is 0. The van der Waals surface area contributed by atoms with Gasteiger partial charge >= 0.3 is 0 Å². The zero-order valence-electron chi connectivity index (χ0n) is 10.3. The molecule has 3 nitrogen and oxygen atoms in total. The second kappa shape index (κ2) is 5.31. The number of hydrogen-bond donors (Lipinski definition) is 1. The Morgan fingerprint density at radius 1 is 1.47 bits per heavy atom. The Hall–Kier alpha value is -1.37. The molecule has 1 heterocycles. The molecule has 2 atom stereocenters. The quantitative estimate of drug-likeness (QED) is 0.861. The molecular formula is C14H19N3. The minimum atomic E-state index is 0.416. The van der Waals surface area contributed by atoms with E-state index in [1.807, 2.05) is 12.1 Å². The highest BCUT2D eigenvalue weighted by Gasteiger charge is 2.25. The lowest BCUT2D eigenvalue weighted by atomic mass is 10.1. The Bertz CT molecular complexity index is 404. The van der Waals surface area contributed by atoms with Gasteiger partial charge in [0.1, 0.15) is 0 Å². The number of nitriles is 1. The fraction of sp³-hybridized carbons (Fsp3) is 0.500. The number of benzene rings is 1. The molecule has 0 spiro atoms. The third kappa shape index (κ3) is 2.66. The van der Waals surface area contributed by atoms with E-state index in [0.29, 0.717) is 12.0 Å². The largest absolute Gasteiger partial charge is 0.330 e. The van der Waals surface area contributed by atoms with E-state index in [9.17, 15) is 0 Å². The Morgan fingerprint density at radius 2 is 2.18 bits per heavy atom. The number of likely N-dealkylation sites (tertiary alicyclic amines) is 1. The zero-order chi connectivity index (χ0) is 12.3. The van der Waals surface area contributed by atoms with Crippen LogP contribution < -0.4 is 5.73 Å². The van der Waals surface area contributed by atoms with Gasteiger partial charge in [-0.25, -0.2) is 0 Å². The van der Waals surface area contributed by atoms with E-state index in [2.05, 4.69) is 30.0 Å². The van der Waals surface area contributed by atoms with E-state index in [4.69, 9.17) is 11.0 Å². The summed E-state index contributed by atoms with van der Waals surface area (Å²) in [5.74, 6) is 0.649. The maximum atomic E-state index is 8.77. The maximum Gasteiger partial charge on any atom is 0.0991 e. The van der Waals surface area contributed by atoms with Crippen LogP contribution in [0.25, 0.3) is 0 Å². The lowest BCUT2D eigenvalue weighted by molar-refractivity contribution is 0.253. The molecule has 90 valence electrons. The van der Waals surface area contributed by atoms with Crippen LogP contribution in [0.2, 0.25) is 0 Å². The van der Waals surface area contributed by atoms with Gasteiger partial charge in [-0.3, -0.25) is 4.90 Å². The Morgan fingerprint density at radius 3 is 2.71 bits per heavy atom. The lowest BCUT2D eigenvalue weighted by Gasteiger charge is -2.24. The van der Waals surface area contributed by atoms with E-state index in [0.717, 1.165) is 25.2 Å². The summed E-state index contributed by atoms with van der Waals surface area (Å²) in [6.07, 6.45) is 1.21. The van der Waals surface area contributed by atoms with Gasteiger partial charge in [0.15, 0.2) is 0 Å². The Labute approximate surface area is 103 Å². The van der Waals surface area contributed by atoms with E-state index >= 15 is 0 Å². The third-order valence-electron chi connectivity index (χ3n) is 3.72. The first-order valence-electron chi connectivity index (χ1n) is 6.18. The molecule has 2 unspecified atom stereocenters. The second-order valence-electron chi connectivity index (χ2n) is 4.80. The van der Waals surface area contributed by atoms with Gasteiger partial charge in [-0.15, -0.1) is 0 Å². The summed E-state index contributed by atoms with van der Waals surface area (Å²) in [4.78, 5) is 2.47. The van der Waals surface area contributed by atoms with E-state index < -0.39 is 0 Å². The Kier molecular flexibility index (Phi) is 3.78. The van der Waals surface area contributed by atoms with Crippen LogP contribution in [0.5, 0.6) is 0 Å². The summed E-state index contributed by atoms with van der Waals surface area (Å²) in [6.45, 7) is 5.23. The highest BCUT2D eigenvalue weighted by molar-refractivity contribution is 5.32. The number of rotatable bonds is 3. The van der Waals surface area contributed by atoms with Crippen molar-refractivity contribution in [1.82, 2.24) is 4.90 Å². The number of nitrogens with zero attached hydrogens (tertiary/aromatic N) is 2. The summed E-state index contributed by atoms with van der Waals surface area (Å²) in [5.41, 5.74) is 7.71. The van der Waals surface area contributed by atoms with Gasteiger partial charge in [-0.1, -0.05) is 12.1 Å². The Balaban J connectivity index is 2.04. The van der Waals surface area contributed by atoms with Gasteiger partial charge in [-0.2, -0.15) is 5.26 Å². The molecule has 1 aliphatic heterocycles. The average molecular weight is 229 g/mol. The van der Waals surface area contributed by atoms with E-state index in [1.54, 1.807) is 0 Å². The molecule has 0 bridgehead atoms. The van der Waals surface area contributed by atoms with E-state index in [1.165, 1.54) is 12.0 Å². The molecule has 0 aliphatic carbocycles. The number of nitrogens with two attached hydrogens (primary N) is 1. The van der Waals surface area contributed by atoms with Crippen molar-refractivity contribution in [1.29, 1.82) is 5.26 Å². The first kappa shape index (κ1) is 12.1. The predicted molar refractivity (Wildman–Crippen MR) is 68.3 cm³/mol. The van der Waals surface area contributed by atoms with Gasteiger partial charge < -0.3 is 5.73 Å². The van der Waals surface area contributed by atoms with E-state index in [-0.39, 0.29) is 0 Å². The molecular weight excluding hydrogens is 210 g/mol. The molecule has 2 N–H and O–H groups in total. The molecule has 1 aromatic rings. The molecule has 2 rings (SSSR count).